The molecule has 2 aromatic carbocycles. The summed E-state index contributed by atoms with van der Waals surface area (Å²) in [5, 5.41) is 0. The largest absolute Gasteiger partial charge is 0.540 e. The molecular formula is C25H36O3Si. The third-order valence-electron chi connectivity index (χ3n) is 6.62. The van der Waals surface area contributed by atoms with Crippen LogP contribution in [0.2, 0.25) is 16.6 Å². The highest BCUT2D eigenvalue weighted by atomic mass is 28.4. The van der Waals surface area contributed by atoms with E-state index in [0.29, 0.717) is 16.6 Å². The Hall–Kier alpha value is -1.94. The van der Waals surface area contributed by atoms with Crippen LogP contribution >= 0.6 is 0 Å². The van der Waals surface area contributed by atoms with Gasteiger partial charge in [-0.05, 0) is 28.3 Å². The van der Waals surface area contributed by atoms with Crippen LogP contribution in [0.5, 0.6) is 17.2 Å². The Morgan fingerprint density at radius 1 is 0.862 bits per heavy atom. The van der Waals surface area contributed by atoms with Crippen molar-refractivity contribution in [3.63, 3.8) is 0 Å². The smallest absolute Gasteiger partial charge is 0.258 e. The standard InChI is InChI=1S/C25H36O3Si/c1-16(2)29(17(3)4,18(5)6)28-24-14-21-19(7)25(20-12-10-9-11-13-20)27-22(21)15-23(24)26-8/h9-19,25H,1-8H3/t19-,25-/m1/s1. The van der Waals surface area contributed by atoms with Gasteiger partial charge >= 0.3 is 0 Å². The topological polar surface area (TPSA) is 27.7 Å². The first-order chi connectivity index (χ1) is 13.7. The Labute approximate surface area is 177 Å². The van der Waals surface area contributed by atoms with E-state index in [4.69, 9.17) is 13.9 Å². The molecule has 3 rings (SSSR count). The zero-order valence-electron chi connectivity index (χ0n) is 19.2. The molecule has 0 N–H and O–H groups in total. The van der Waals surface area contributed by atoms with E-state index in [2.05, 4.69) is 78.8 Å². The summed E-state index contributed by atoms with van der Waals surface area (Å²) in [6, 6.07) is 14.6. The molecule has 1 heterocycles. The van der Waals surface area contributed by atoms with Gasteiger partial charge in [-0.25, -0.2) is 0 Å². The van der Waals surface area contributed by atoms with Crippen molar-refractivity contribution in [2.75, 3.05) is 7.11 Å². The van der Waals surface area contributed by atoms with Crippen LogP contribution in [-0.4, -0.2) is 15.4 Å². The molecule has 2 atom stereocenters. The summed E-state index contributed by atoms with van der Waals surface area (Å²) in [5.74, 6) is 2.80. The molecule has 0 saturated heterocycles. The fraction of sp³-hybridized carbons (Fsp3) is 0.520. The number of methoxy groups -OCH3 is 1. The van der Waals surface area contributed by atoms with Gasteiger partial charge in [-0.3, -0.25) is 0 Å². The summed E-state index contributed by atoms with van der Waals surface area (Å²) in [6.07, 6.45) is 0.0217. The number of ether oxygens (including phenoxy) is 2. The summed E-state index contributed by atoms with van der Waals surface area (Å²) in [4.78, 5) is 0. The Morgan fingerprint density at radius 3 is 1.97 bits per heavy atom. The first-order valence-electron chi connectivity index (χ1n) is 10.8. The maximum absolute atomic E-state index is 6.98. The fourth-order valence-corrected chi connectivity index (χ4v) is 10.4. The molecule has 0 spiro atoms. The number of hydrogen-bond donors (Lipinski definition) is 0. The van der Waals surface area contributed by atoms with Gasteiger partial charge in [0.25, 0.3) is 8.32 Å². The van der Waals surface area contributed by atoms with E-state index < -0.39 is 8.32 Å². The molecule has 1 aliphatic heterocycles. The van der Waals surface area contributed by atoms with Crippen molar-refractivity contribution < 1.29 is 13.9 Å². The fourth-order valence-electron chi connectivity index (χ4n) is 5.20. The first-order valence-corrected chi connectivity index (χ1v) is 13.0. The van der Waals surface area contributed by atoms with E-state index in [1.165, 1.54) is 11.1 Å². The van der Waals surface area contributed by atoms with E-state index in [-0.39, 0.29) is 12.0 Å². The molecule has 0 bridgehead atoms. The number of rotatable bonds is 7. The van der Waals surface area contributed by atoms with E-state index in [1.54, 1.807) is 7.11 Å². The van der Waals surface area contributed by atoms with Gasteiger partial charge in [0.1, 0.15) is 17.6 Å². The van der Waals surface area contributed by atoms with E-state index in [1.807, 2.05) is 12.1 Å². The first kappa shape index (κ1) is 21.8. The summed E-state index contributed by atoms with van der Waals surface area (Å²) < 4.78 is 19.1. The van der Waals surface area contributed by atoms with Crippen molar-refractivity contribution in [1.29, 1.82) is 0 Å². The second kappa shape index (κ2) is 8.43. The maximum atomic E-state index is 6.98. The Bertz CT molecular complexity index is 808. The Morgan fingerprint density at radius 2 is 1.45 bits per heavy atom. The van der Waals surface area contributed by atoms with Gasteiger partial charge in [0, 0.05) is 17.5 Å². The third kappa shape index (κ3) is 3.79. The van der Waals surface area contributed by atoms with Gasteiger partial charge < -0.3 is 13.9 Å². The number of fused-ring (bicyclic) bond motifs is 1. The minimum Gasteiger partial charge on any atom is -0.540 e. The SMILES string of the molecule is COc1cc2c(cc1O[Si](C(C)C)(C(C)C)C(C)C)[C@@H](C)[C@H](c1ccccc1)O2. The highest BCUT2D eigenvalue weighted by Crippen LogP contribution is 2.51. The highest BCUT2D eigenvalue weighted by Gasteiger charge is 2.47. The van der Waals surface area contributed by atoms with Gasteiger partial charge in [-0.1, -0.05) is 78.8 Å². The minimum atomic E-state index is -2.07. The molecule has 0 aromatic heterocycles. The van der Waals surface area contributed by atoms with Crippen LogP contribution in [0.1, 0.15) is 71.6 Å². The second-order valence-electron chi connectivity index (χ2n) is 9.20. The lowest BCUT2D eigenvalue weighted by Crippen LogP contribution is -2.50. The van der Waals surface area contributed by atoms with Crippen molar-refractivity contribution >= 4 is 8.32 Å². The molecule has 1 aliphatic rings. The summed E-state index contributed by atoms with van der Waals surface area (Å²) in [5.41, 5.74) is 3.92. The molecule has 3 nitrogen and oxygen atoms in total. The van der Waals surface area contributed by atoms with E-state index in [9.17, 15) is 0 Å². The third-order valence-corrected chi connectivity index (χ3v) is 12.6. The van der Waals surface area contributed by atoms with Crippen LogP contribution in [0.15, 0.2) is 42.5 Å². The second-order valence-corrected chi connectivity index (χ2v) is 14.6. The number of benzene rings is 2. The zero-order valence-corrected chi connectivity index (χ0v) is 20.2. The summed E-state index contributed by atoms with van der Waals surface area (Å²) >= 11 is 0. The van der Waals surface area contributed by atoms with E-state index >= 15 is 0 Å². The van der Waals surface area contributed by atoms with Crippen LogP contribution < -0.4 is 13.9 Å². The Balaban J connectivity index is 2.02. The van der Waals surface area contributed by atoms with Crippen molar-refractivity contribution in [3.8, 4) is 17.2 Å². The minimum absolute atomic E-state index is 0.0217. The molecule has 29 heavy (non-hydrogen) atoms. The van der Waals surface area contributed by atoms with Gasteiger partial charge in [0.05, 0.1) is 7.11 Å². The average Bonchev–Trinajstić information content (AvgIpc) is 3.00. The summed E-state index contributed by atoms with van der Waals surface area (Å²) in [7, 11) is -0.359. The Kier molecular flexibility index (Phi) is 6.32. The lowest BCUT2D eigenvalue weighted by Gasteiger charge is -2.42. The van der Waals surface area contributed by atoms with Gasteiger partial charge in [0.15, 0.2) is 5.75 Å². The highest BCUT2D eigenvalue weighted by molar-refractivity contribution is 6.78. The van der Waals surface area contributed by atoms with Crippen molar-refractivity contribution in [2.24, 2.45) is 0 Å². The van der Waals surface area contributed by atoms with Gasteiger partial charge in [0.2, 0.25) is 0 Å². The predicted molar refractivity (Wildman–Crippen MR) is 123 cm³/mol. The van der Waals surface area contributed by atoms with E-state index in [0.717, 1.165) is 17.2 Å². The molecule has 0 amide bonds. The predicted octanol–water partition coefficient (Wildman–Crippen LogP) is 7.49. The monoisotopic (exact) mass is 412 g/mol. The molecule has 0 aliphatic carbocycles. The number of hydrogen-bond acceptors (Lipinski definition) is 3. The lowest BCUT2D eigenvalue weighted by molar-refractivity contribution is 0.215. The normalized spacial score (nSPS) is 18.9. The molecule has 0 radical (unpaired) electrons. The average molecular weight is 413 g/mol. The van der Waals surface area contributed by atoms with Crippen LogP contribution in [0.25, 0.3) is 0 Å². The van der Waals surface area contributed by atoms with Crippen molar-refractivity contribution in [2.45, 2.75) is 77.1 Å². The molecular weight excluding hydrogens is 376 g/mol. The molecule has 0 saturated carbocycles. The van der Waals surface area contributed by atoms with Crippen molar-refractivity contribution in [1.82, 2.24) is 0 Å². The van der Waals surface area contributed by atoms with Crippen molar-refractivity contribution in [3.05, 3.63) is 53.6 Å². The molecule has 0 fully saturated rings. The zero-order chi connectivity index (χ0) is 21.3. The van der Waals surface area contributed by atoms with Gasteiger partial charge in [-0.2, -0.15) is 0 Å². The van der Waals surface area contributed by atoms with Crippen LogP contribution in [0.3, 0.4) is 0 Å². The molecule has 0 unspecified atom stereocenters. The summed E-state index contributed by atoms with van der Waals surface area (Å²) in [6.45, 7) is 16.1. The molecule has 158 valence electrons. The molecule has 2 aromatic rings. The van der Waals surface area contributed by atoms with Crippen LogP contribution in [0, 0.1) is 0 Å². The molecule has 4 heteroatoms. The quantitative estimate of drug-likeness (QED) is 0.441. The lowest BCUT2D eigenvalue weighted by atomic mass is 9.93. The van der Waals surface area contributed by atoms with Crippen LogP contribution in [0.4, 0.5) is 0 Å². The maximum Gasteiger partial charge on any atom is 0.258 e. The van der Waals surface area contributed by atoms with Gasteiger partial charge in [-0.15, -0.1) is 0 Å². The van der Waals surface area contributed by atoms with Crippen LogP contribution in [-0.2, 0) is 0 Å².